The molecule has 0 bridgehead atoms. The summed E-state index contributed by atoms with van der Waals surface area (Å²) >= 11 is 6.26. The second-order valence-electron chi connectivity index (χ2n) is 26.5. The minimum Gasteiger partial charge on any atom is -0.444 e. The van der Waals surface area contributed by atoms with Crippen LogP contribution in [0.15, 0.2) is 54.9 Å². The van der Waals surface area contributed by atoms with Crippen LogP contribution in [0.2, 0.25) is 5.02 Å². The van der Waals surface area contributed by atoms with Crippen LogP contribution in [0, 0.1) is 11.8 Å². The van der Waals surface area contributed by atoms with E-state index in [2.05, 4.69) is 47.5 Å². The van der Waals surface area contributed by atoms with Crippen molar-refractivity contribution in [1.29, 1.82) is 0 Å². The number of halogens is 1. The van der Waals surface area contributed by atoms with Gasteiger partial charge < -0.3 is 45.4 Å². The highest BCUT2D eigenvalue weighted by atomic mass is 35.5. The molecule has 6 fully saturated rings. The Kier molecular flexibility index (Phi) is 21.2. The van der Waals surface area contributed by atoms with Gasteiger partial charge in [-0.3, -0.25) is 38.7 Å². The van der Waals surface area contributed by atoms with E-state index in [0.717, 1.165) is 126 Å². The molecular formula is C65H93ClN12O8. The van der Waals surface area contributed by atoms with Crippen molar-refractivity contribution in [2.45, 2.75) is 146 Å². The number of anilines is 1. The van der Waals surface area contributed by atoms with Crippen LogP contribution in [0.3, 0.4) is 0 Å². The van der Waals surface area contributed by atoms with E-state index in [0.29, 0.717) is 107 Å². The molecule has 21 heteroatoms. The lowest BCUT2D eigenvalue weighted by atomic mass is 9.83. The second-order valence-corrected chi connectivity index (χ2v) is 26.9. The number of amides is 6. The lowest BCUT2D eigenvalue weighted by molar-refractivity contribution is -0.137. The van der Waals surface area contributed by atoms with E-state index < -0.39 is 29.8 Å². The first-order valence-corrected chi connectivity index (χ1v) is 32.5. The normalized spacial score (nSPS) is 22.7. The standard InChI is InChI=1S/C65H93ClN12O8/c1-44-36-54(79)59-57(44)60(70-43-69-59)74-32-34-75(35-33-74)62(83)53(46-15-17-51(66)18-16-46)38-67-23-24-68-55(80)41-72-26-21-45(22-27-72)39-73-28-30-76(31-29-73)63(84)58(47-10-6-5-7-11-47)71-61(82)49-13-8-12-48(37-49)50-14-9-25-77(40-50)56(81)42-78(52-19-20-52)64(85)86-65(2,3)4/h8,12-13,15-18,37,43-45,47,50,52-54,58,67,79H,5-7,9-11,14,19-36,38-42H2,1-4H3,(H,68,80)(H,71,82)/t44-,50?,53-,54-,58-/m1/s1. The van der Waals surface area contributed by atoms with Gasteiger partial charge in [0.1, 0.15) is 30.3 Å². The van der Waals surface area contributed by atoms with Gasteiger partial charge in [-0.1, -0.05) is 62.1 Å². The number of aliphatic hydroxyl groups is 1. The number of nitrogens with zero attached hydrogens (tertiary/aromatic N) is 9. The number of rotatable bonds is 20. The van der Waals surface area contributed by atoms with Crippen LogP contribution in [0.4, 0.5) is 10.6 Å². The van der Waals surface area contributed by atoms with E-state index in [1.165, 1.54) is 6.33 Å². The van der Waals surface area contributed by atoms with Crippen molar-refractivity contribution in [3.63, 3.8) is 0 Å². The highest BCUT2D eigenvalue weighted by Crippen LogP contribution is 2.43. The molecule has 2 saturated carbocycles. The molecular weight excluding hydrogens is 1110 g/mol. The van der Waals surface area contributed by atoms with Crippen LogP contribution in [0.1, 0.15) is 161 Å². The molecule has 7 aliphatic rings. The molecule has 468 valence electrons. The minimum absolute atomic E-state index is 0.00273. The van der Waals surface area contributed by atoms with E-state index in [9.17, 15) is 33.9 Å². The average Bonchev–Trinajstić information content (AvgIpc) is 2.22. The second kappa shape index (κ2) is 28.9. The summed E-state index contributed by atoms with van der Waals surface area (Å²) in [7, 11) is 0. The van der Waals surface area contributed by atoms with Crippen LogP contribution in [0.5, 0.6) is 0 Å². The Balaban J connectivity index is 0.634. The number of hydrogen-bond acceptors (Lipinski definition) is 14. The molecule has 6 amide bonds. The van der Waals surface area contributed by atoms with Crippen LogP contribution in [-0.2, 0) is 23.9 Å². The number of hydrogen-bond donors (Lipinski definition) is 4. The number of likely N-dealkylation sites (tertiary alicyclic amines) is 2. The highest BCUT2D eigenvalue weighted by Gasteiger charge is 2.40. The molecule has 10 rings (SSSR count). The van der Waals surface area contributed by atoms with Crippen molar-refractivity contribution in [3.8, 4) is 0 Å². The van der Waals surface area contributed by atoms with Crippen molar-refractivity contribution >= 4 is 53.0 Å². The number of aromatic nitrogens is 2. The predicted octanol–water partition coefficient (Wildman–Crippen LogP) is 6.15. The Morgan fingerprint density at radius 2 is 1.48 bits per heavy atom. The van der Waals surface area contributed by atoms with Crippen LogP contribution < -0.4 is 20.9 Å². The number of fused-ring (bicyclic) bond motifs is 1. The molecule has 2 aromatic carbocycles. The Morgan fingerprint density at radius 3 is 2.19 bits per heavy atom. The van der Waals surface area contributed by atoms with Gasteiger partial charge in [0.2, 0.25) is 23.6 Å². The summed E-state index contributed by atoms with van der Waals surface area (Å²) in [5.41, 5.74) is 3.47. The van der Waals surface area contributed by atoms with Gasteiger partial charge in [-0.25, -0.2) is 14.8 Å². The third-order valence-electron chi connectivity index (χ3n) is 19.0. The van der Waals surface area contributed by atoms with Gasteiger partial charge in [0.25, 0.3) is 5.91 Å². The molecule has 5 atom stereocenters. The number of carbonyl (C=O) groups is 6. The molecule has 3 aliphatic carbocycles. The fourth-order valence-electron chi connectivity index (χ4n) is 14.0. The molecule has 4 aliphatic heterocycles. The number of piperazine rings is 2. The third-order valence-corrected chi connectivity index (χ3v) is 19.2. The summed E-state index contributed by atoms with van der Waals surface area (Å²) in [6.07, 6.45) is 11.6. The topological polar surface area (TPSA) is 216 Å². The Hall–Kier alpha value is -5.93. The number of nitrogens with one attached hydrogen (secondary N) is 3. The Morgan fingerprint density at radius 1 is 0.767 bits per heavy atom. The maximum atomic E-state index is 14.5. The van der Waals surface area contributed by atoms with Gasteiger partial charge in [0.15, 0.2) is 0 Å². The van der Waals surface area contributed by atoms with E-state index in [-0.39, 0.29) is 59.9 Å². The summed E-state index contributed by atoms with van der Waals surface area (Å²) in [5, 5.41) is 20.9. The lowest BCUT2D eigenvalue weighted by Gasteiger charge is -2.40. The third kappa shape index (κ3) is 16.4. The Labute approximate surface area is 513 Å². The van der Waals surface area contributed by atoms with Gasteiger partial charge in [-0.15, -0.1) is 0 Å². The van der Waals surface area contributed by atoms with Gasteiger partial charge in [-0.05, 0) is 145 Å². The van der Waals surface area contributed by atoms with Crippen molar-refractivity contribution in [2.24, 2.45) is 11.8 Å². The summed E-state index contributed by atoms with van der Waals surface area (Å²) in [4.78, 5) is 106. The van der Waals surface area contributed by atoms with Gasteiger partial charge in [-0.2, -0.15) is 0 Å². The molecule has 1 aromatic heterocycles. The molecule has 86 heavy (non-hydrogen) atoms. The van der Waals surface area contributed by atoms with Gasteiger partial charge >= 0.3 is 6.09 Å². The predicted molar refractivity (Wildman–Crippen MR) is 330 cm³/mol. The molecule has 0 spiro atoms. The maximum Gasteiger partial charge on any atom is 0.411 e. The fourth-order valence-corrected chi connectivity index (χ4v) is 14.1. The average molecular weight is 1210 g/mol. The van der Waals surface area contributed by atoms with Crippen molar-refractivity contribution in [1.82, 2.24) is 55.3 Å². The number of ether oxygens (including phenoxy) is 1. The summed E-state index contributed by atoms with van der Waals surface area (Å²) in [6, 6.07) is 14.6. The van der Waals surface area contributed by atoms with E-state index in [1.54, 1.807) is 4.90 Å². The molecule has 0 radical (unpaired) electrons. The van der Waals surface area contributed by atoms with Crippen LogP contribution in [-0.4, -0.2) is 216 Å². The Bertz CT molecular complexity index is 2820. The zero-order valence-corrected chi connectivity index (χ0v) is 52.0. The zero-order valence-electron chi connectivity index (χ0n) is 51.2. The number of benzene rings is 2. The monoisotopic (exact) mass is 1200 g/mol. The fraction of sp³-hybridized carbons (Fsp3) is 0.662. The summed E-state index contributed by atoms with van der Waals surface area (Å²) in [6.45, 7) is 18.2. The quantitative estimate of drug-likeness (QED) is 0.0935. The number of carbonyl (C=O) groups excluding carboxylic acids is 6. The first-order chi connectivity index (χ1) is 41.4. The molecule has 5 heterocycles. The molecule has 4 saturated heterocycles. The summed E-state index contributed by atoms with van der Waals surface area (Å²) < 4.78 is 5.65. The minimum atomic E-state index is -0.649. The SMILES string of the molecule is C[C@@H]1C[C@@H](O)c2ncnc(N3CCN(C(=O)[C@H](CNCCNC(=O)CN4CCC(CN5CCN(C(=O)[C@H](NC(=O)c6cccc(C7CCCN(C(=O)CN(C(=O)OC(C)(C)C)C8CC8)C7)c6)C6CCCCC6)CC5)CC4)c4ccc(Cl)cc4)CC3)c21. The van der Waals surface area contributed by atoms with E-state index in [4.69, 9.17) is 16.3 Å². The number of aliphatic hydroxyl groups excluding tert-OH is 1. The molecule has 1 unspecified atom stereocenters. The van der Waals surface area contributed by atoms with Crippen LogP contribution >= 0.6 is 11.6 Å². The lowest BCUT2D eigenvalue weighted by Crippen LogP contribution is -2.57. The molecule has 3 aromatic rings. The first-order valence-electron chi connectivity index (χ1n) is 32.2. The molecule has 4 N–H and O–H groups in total. The zero-order chi connectivity index (χ0) is 60.5. The van der Waals surface area contributed by atoms with Gasteiger partial charge in [0, 0.05) is 120 Å². The van der Waals surface area contributed by atoms with Gasteiger partial charge in [0.05, 0.1) is 24.3 Å². The van der Waals surface area contributed by atoms with Crippen LogP contribution in [0.25, 0.3) is 0 Å². The number of piperidine rings is 2. The van der Waals surface area contributed by atoms with Crippen molar-refractivity contribution < 1.29 is 38.6 Å². The molecule has 20 nitrogen and oxygen atoms in total. The smallest absolute Gasteiger partial charge is 0.411 e. The first kappa shape index (κ1) is 63.1. The highest BCUT2D eigenvalue weighted by molar-refractivity contribution is 6.30. The van der Waals surface area contributed by atoms with Crippen molar-refractivity contribution in [3.05, 3.63) is 87.8 Å². The largest absolute Gasteiger partial charge is 0.444 e. The van der Waals surface area contributed by atoms with Crippen molar-refractivity contribution in [2.75, 3.05) is 123 Å². The van der Waals surface area contributed by atoms with E-state index in [1.807, 2.05) is 84.0 Å². The maximum absolute atomic E-state index is 14.5. The van der Waals surface area contributed by atoms with E-state index >= 15 is 0 Å². The summed E-state index contributed by atoms with van der Waals surface area (Å²) in [5.74, 6) is 0.912.